The van der Waals surface area contributed by atoms with Crippen LogP contribution >= 0.6 is 35.0 Å². The Labute approximate surface area is 87.3 Å². The fourth-order valence-electron chi connectivity index (χ4n) is 0.889. The number of alkyl halides is 1. The van der Waals surface area contributed by atoms with Gasteiger partial charge in [-0.05, 0) is 12.3 Å². The summed E-state index contributed by atoms with van der Waals surface area (Å²) in [6, 6.07) is 0. The van der Waals surface area contributed by atoms with Crippen molar-refractivity contribution in [1.29, 1.82) is 0 Å². The predicted octanol–water partition coefficient (Wildman–Crippen LogP) is 2.73. The van der Waals surface area contributed by atoms with Crippen molar-refractivity contribution in [2.75, 3.05) is 4.43 Å². The number of rotatable bonds is 5. The maximum Gasteiger partial charge on any atom is 0.303 e. The molecule has 0 rings (SSSR count). The molecule has 4 heteroatoms. The highest BCUT2D eigenvalue weighted by Crippen LogP contribution is 2.13. The van der Waals surface area contributed by atoms with Crippen molar-refractivity contribution in [3.8, 4) is 0 Å². The van der Waals surface area contributed by atoms with Gasteiger partial charge in [0.2, 0.25) is 0 Å². The topological polar surface area (TPSA) is 37.3 Å². The van der Waals surface area contributed by atoms with Gasteiger partial charge in [-0.25, -0.2) is 0 Å². The van der Waals surface area contributed by atoms with Crippen LogP contribution in [-0.4, -0.2) is 15.5 Å². The molecule has 0 aromatic rings. The van der Waals surface area contributed by atoms with Crippen molar-refractivity contribution in [2.45, 2.75) is 26.2 Å². The van der Waals surface area contributed by atoms with Crippen LogP contribution in [0.5, 0.6) is 0 Å². The van der Waals surface area contributed by atoms with Crippen molar-refractivity contribution >= 4 is 41.0 Å². The van der Waals surface area contributed by atoms with Crippen molar-refractivity contribution in [3.63, 3.8) is 0 Å². The molecular formula is C7H14ClIO2. The van der Waals surface area contributed by atoms with Crippen LogP contribution in [0.25, 0.3) is 0 Å². The largest absolute Gasteiger partial charge is 0.481 e. The Hall–Kier alpha value is 0.490. The fourth-order valence-corrected chi connectivity index (χ4v) is 1.64. The molecule has 0 radical (unpaired) electrons. The molecule has 0 aliphatic carbocycles. The van der Waals surface area contributed by atoms with Crippen LogP contribution in [0, 0.1) is 5.92 Å². The molecule has 0 aromatic heterocycles. The van der Waals surface area contributed by atoms with Gasteiger partial charge in [0, 0.05) is 10.8 Å². The number of hydrogen-bond acceptors (Lipinski definition) is 1. The molecule has 0 aromatic carbocycles. The van der Waals surface area contributed by atoms with E-state index in [-0.39, 0.29) is 12.4 Å². The molecule has 68 valence electrons. The summed E-state index contributed by atoms with van der Waals surface area (Å²) in [5.41, 5.74) is 0. The molecule has 1 unspecified atom stereocenters. The minimum absolute atomic E-state index is 0. The van der Waals surface area contributed by atoms with E-state index in [1.54, 1.807) is 0 Å². The average Bonchev–Trinajstić information content (AvgIpc) is 1.86. The van der Waals surface area contributed by atoms with E-state index >= 15 is 0 Å². The zero-order valence-electron chi connectivity index (χ0n) is 6.55. The number of carboxylic acids is 1. The van der Waals surface area contributed by atoms with Crippen LogP contribution in [0.4, 0.5) is 0 Å². The molecule has 0 heterocycles. The lowest BCUT2D eigenvalue weighted by molar-refractivity contribution is -0.137. The molecule has 1 N–H and O–H groups in total. The Morgan fingerprint density at radius 3 is 2.45 bits per heavy atom. The highest BCUT2D eigenvalue weighted by atomic mass is 127. The second kappa shape index (κ2) is 8.59. The van der Waals surface area contributed by atoms with Gasteiger partial charge >= 0.3 is 5.97 Å². The maximum absolute atomic E-state index is 10.2. The zero-order chi connectivity index (χ0) is 7.98. The highest BCUT2D eigenvalue weighted by molar-refractivity contribution is 14.1. The van der Waals surface area contributed by atoms with E-state index in [0.717, 1.165) is 17.3 Å². The predicted molar refractivity (Wildman–Crippen MR) is 56.8 cm³/mol. The molecule has 0 bridgehead atoms. The molecule has 0 amide bonds. The minimum Gasteiger partial charge on any atom is -0.481 e. The van der Waals surface area contributed by atoms with E-state index in [0.29, 0.717) is 12.3 Å². The Morgan fingerprint density at radius 2 is 2.18 bits per heavy atom. The minimum atomic E-state index is -0.671. The lowest BCUT2D eigenvalue weighted by Crippen LogP contribution is -2.08. The van der Waals surface area contributed by atoms with E-state index in [1.807, 2.05) is 0 Å². The van der Waals surface area contributed by atoms with Crippen molar-refractivity contribution in [3.05, 3.63) is 0 Å². The first-order chi connectivity index (χ1) is 4.70. The molecule has 0 spiro atoms. The molecule has 0 saturated carbocycles. The fraction of sp³-hybridized carbons (Fsp3) is 0.857. The number of carbonyl (C=O) groups is 1. The van der Waals surface area contributed by atoms with Crippen LogP contribution in [0.2, 0.25) is 0 Å². The van der Waals surface area contributed by atoms with Crippen LogP contribution in [0.3, 0.4) is 0 Å². The van der Waals surface area contributed by atoms with Crippen molar-refractivity contribution in [1.82, 2.24) is 0 Å². The summed E-state index contributed by atoms with van der Waals surface area (Å²) >= 11 is 2.24. The highest BCUT2D eigenvalue weighted by Gasteiger charge is 2.09. The van der Waals surface area contributed by atoms with Gasteiger partial charge in [-0.1, -0.05) is 35.9 Å². The molecular weight excluding hydrogens is 278 g/mol. The van der Waals surface area contributed by atoms with E-state index in [2.05, 4.69) is 29.5 Å². The second-order valence-electron chi connectivity index (χ2n) is 2.41. The van der Waals surface area contributed by atoms with E-state index in [4.69, 9.17) is 5.11 Å². The van der Waals surface area contributed by atoms with Crippen LogP contribution in [0.1, 0.15) is 26.2 Å². The van der Waals surface area contributed by atoms with Gasteiger partial charge in [0.25, 0.3) is 0 Å². The Balaban J connectivity index is 0. The number of halogens is 2. The Morgan fingerprint density at radius 1 is 1.64 bits per heavy atom. The first kappa shape index (κ1) is 14.0. The summed E-state index contributed by atoms with van der Waals surface area (Å²) in [6.45, 7) is 2.08. The molecule has 1 atom stereocenters. The van der Waals surface area contributed by atoms with Crippen LogP contribution in [0.15, 0.2) is 0 Å². The molecule has 0 saturated heterocycles. The van der Waals surface area contributed by atoms with Crippen LogP contribution < -0.4 is 0 Å². The third-order valence-corrected chi connectivity index (χ3v) is 2.62. The van der Waals surface area contributed by atoms with Crippen LogP contribution in [-0.2, 0) is 4.79 Å². The van der Waals surface area contributed by atoms with Gasteiger partial charge in [-0.3, -0.25) is 4.79 Å². The van der Waals surface area contributed by atoms with E-state index in [9.17, 15) is 4.79 Å². The molecule has 2 nitrogen and oxygen atoms in total. The lowest BCUT2D eigenvalue weighted by Gasteiger charge is -2.08. The quantitative estimate of drug-likeness (QED) is 0.625. The molecule has 0 aliphatic heterocycles. The summed E-state index contributed by atoms with van der Waals surface area (Å²) in [7, 11) is 0. The van der Waals surface area contributed by atoms with Crippen molar-refractivity contribution < 1.29 is 9.90 Å². The monoisotopic (exact) mass is 292 g/mol. The lowest BCUT2D eigenvalue weighted by atomic mass is 10.0. The molecule has 11 heavy (non-hydrogen) atoms. The van der Waals surface area contributed by atoms with Crippen molar-refractivity contribution in [2.24, 2.45) is 5.92 Å². The van der Waals surface area contributed by atoms with Gasteiger partial charge in [-0.2, -0.15) is 0 Å². The Kier molecular flexibility index (Phi) is 11.0. The average molecular weight is 293 g/mol. The van der Waals surface area contributed by atoms with Gasteiger partial charge in [-0.15, -0.1) is 12.4 Å². The van der Waals surface area contributed by atoms with Gasteiger partial charge in [0.05, 0.1) is 0 Å². The van der Waals surface area contributed by atoms with Gasteiger partial charge < -0.3 is 5.11 Å². The summed E-state index contributed by atoms with van der Waals surface area (Å²) in [5.74, 6) is -0.293. The summed E-state index contributed by atoms with van der Waals surface area (Å²) < 4.78 is 0.956. The number of carboxylic acid groups (broad SMARTS) is 1. The maximum atomic E-state index is 10.2. The summed E-state index contributed by atoms with van der Waals surface area (Å²) in [5, 5.41) is 8.44. The first-order valence-corrected chi connectivity index (χ1v) is 5.01. The third kappa shape index (κ3) is 8.40. The Bertz CT molecular complexity index is 109. The summed E-state index contributed by atoms with van der Waals surface area (Å²) in [6.07, 6.45) is 2.45. The first-order valence-electron chi connectivity index (χ1n) is 3.48. The van der Waals surface area contributed by atoms with E-state index in [1.165, 1.54) is 0 Å². The van der Waals surface area contributed by atoms with E-state index < -0.39 is 5.97 Å². The SMILES string of the molecule is CCCC(CI)CC(=O)O.Cl. The second-order valence-corrected chi connectivity index (χ2v) is 3.29. The number of aliphatic carboxylic acids is 1. The number of hydrogen-bond donors (Lipinski definition) is 1. The van der Waals surface area contributed by atoms with Gasteiger partial charge in [0.15, 0.2) is 0 Å². The third-order valence-electron chi connectivity index (χ3n) is 1.38. The summed E-state index contributed by atoms with van der Waals surface area (Å²) in [4.78, 5) is 10.2. The molecule has 0 fully saturated rings. The molecule has 0 aliphatic rings. The standard InChI is InChI=1S/C7H13IO2.ClH/c1-2-3-6(5-8)4-7(9)10;/h6H,2-5H2,1H3,(H,9,10);1H. The van der Waals surface area contributed by atoms with Gasteiger partial charge in [0.1, 0.15) is 0 Å². The zero-order valence-corrected chi connectivity index (χ0v) is 9.52. The normalized spacial score (nSPS) is 11.8. The smallest absolute Gasteiger partial charge is 0.303 e.